The van der Waals surface area contributed by atoms with Gasteiger partial charge in [0.05, 0.1) is 6.61 Å². The summed E-state index contributed by atoms with van der Waals surface area (Å²) < 4.78 is 5.35. The summed E-state index contributed by atoms with van der Waals surface area (Å²) in [5.41, 5.74) is 1.13. The van der Waals surface area contributed by atoms with E-state index in [-0.39, 0.29) is 11.3 Å². The minimum atomic E-state index is -0.0343. The minimum absolute atomic E-state index is 0.0343. The van der Waals surface area contributed by atoms with Crippen LogP contribution in [-0.4, -0.2) is 50.5 Å². The number of nitrogens with zero attached hydrogens (tertiary/aromatic N) is 1. The van der Waals surface area contributed by atoms with Crippen molar-refractivity contribution in [2.45, 2.75) is 11.7 Å². The second-order valence-corrected chi connectivity index (χ2v) is 7.05. The Kier molecular flexibility index (Phi) is 6.86. The molecule has 1 heterocycles. The first-order valence-corrected chi connectivity index (χ1v) is 9.11. The smallest absolute Gasteiger partial charge is 0.317 e. The highest BCUT2D eigenvalue weighted by molar-refractivity contribution is 7.98. The van der Waals surface area contributed by atoms with Crippen LogP contribution in [0.5, 0.6) is 0 Å². The van der Waals surface area contributed by atoms with Crippen molar-refractivity contribution in [1.29, 1.82) is 0 Å². The first kappa shape index (κ1) is 17.4. The molecule has 1 fully saturated rings. The summed E-state index contributed by atoms with van der Waals surface area (Å²) in [6.45, 7) is 2.90. The van der Waals surface area contributed by atoms with Crippen molar-refractivity contribution in [3.8, 4) is 0 Å². The summed E-state index contributed by atoms with van der Waals surface area (Å²) in [7, 11) is 1.83. The number of hydrogen-bond acceptors (Lipinski definition) is 3. The average molecular weight is 343 g/mol. The number of urea groups is 1. The maximum atomic E-state index is 12.2. The molecule has 22 heavy (non-hydrogen) atoms. The number of carbonyl (C=O) groups is 1. The predicted octanol–water partition coefficient (Wildman–Crippen LogP) is 3.42. The van der Waals surface area contributed by atoms with Gasteiger partial charge in [-0.25, -0.2) is 4.79 Å². The molecular formula is C16H23ClN2O2S. The first-order chi connectivity index (χ1) is 10.6. The standard InChI is InChI=1S/C16H23ClN2O2S/c1-19(10-12-6-7-21-11-12)16(20)18-9-15(22-2)13-4-3-5-14(17)8-13/h3-5,8,12,15H,6-7,9-11H2,1-2H3,(H,18,20)/t12-,15+/m1/s1. The molecule has 2 atom stereocenters. The van der Waals surface area contributed by atoms with Crippen LogP contribution in [0, 0.1) is 5.92 Å². The Hall–Kier alpha value is -0.910. The van der Waals surface area contributed by atoms with E-state index in [1.54, 1.807) is 16.7 Å². The van der Waals surface area contributed by atoms with Crippen molar-refractivity contribution >= 4 is 29.4 Å². The van der Waals surface area contributed by atoms with E-state index in [9.17, 15) is 4.79 Å². The Balaban J connectivity index is 1.82. The lowest BCUT2D eigenvalue weighted by Gasteiger charge is -2.23. The van der Waals surface area contributed by atoms with Crippen molar-refractivity contribution in [3.63, 3.8) is 0 Å². The number of hydrogen-bond donors (Lipinski definition) is 1. The van der Waals surface area contributed by atoms with Crippen LogP contribution in [0.15, 0.2) is 24.3 Å². The van der Waals surface area contributed by atoms with Crippen LogP contribution in [0.3, 0.4) is 0 Å². The van der Waals surface area contributed by atoms with Gasteiger partial charge in [0.2, 0.25) is 0 Å². The third-order valence-electron chi connectivity index (χ3n) is 3.85. The van der Waals surface area contributed by atoms with Crippen LogP contribution < -0.4 is 5.32 Å². The van der Waals surface area contributed by atoms with Crippen molar-refractivity contribution in [2.24, 2.45) is 5.92 Å². The highest BCUT2D eigenvalue weighted by atomic mass is 35.5. The lowest BCUT2D eigenvalue weighted by Crippen LogP contribution is -2.41. The number of carbonyl (C=O) groups excluding carboxylic acids is 1. The maximum Gasteiger partial charge on any atom is 0.317 e. The Labute approximate surface area is 141 Å². The fourth-order valence-electron chi connectivity index (χ4n) is 2.56. The molecule has 0 bridgehead atoms. The zero-order chi connectivity index (χ0) is 15.9. The molecule has 0 aromatic heterocycles. The molecule has 0 unspecified atom stereocenters. The molecule has 0 radical (unpaired) electrons. The summed E-state index contributed by atoms with van der Waals surface area (Å²) in [6.07, 6.45) is 3.07. The summed E-state index contributed by atoms with van der Waals surface area (Å²) in [5, 5.41) is 3.93. The number of rotatable bonds is 6. The van der Waals surface area contributed by atoms with Gasteiger partial charge in [-0.15, -0.1) is 0 Å². The van der Waals surface area contributed by atoms with Crippen molar-refractivity contribution < 1.29 is 9.53 Å². The van der Waals surface area contributed by atoms with Gasteiger partial charge in [0.15, 0.2) is 0 Å². The van der Waals surface area contributed by atoms with Gasteiger partial charge in [-0.2, -0.15) is 11.8 Å². The van der Waals surface area contributed by atoms with E-state index in [0.29, 0.717) is 12.5 Å². The Morgan fingerprint density at radius 1 is 1.59 bits per heavy atom. The molecule has 0 aliphatic carbocycles. The Morgan fingerprint density at radius 2 is 2.41 bits per heavy atom. The zero-order valence-electron chi connectivity index (χ0n) is 13.0. The van der Waals surface area contributed by atoms with E-state index in [0.717, 1.165) is 36.8 Å². The van der Waals surface area contributed by atoms with Crippen LogP contribution in [0.4, 0.5) is 4.79 Å². The lowest BCUT2D eigenvalue weighted by atomic mass is 10.1. The quantitative estimate of drug-likeness (QED) is 0.861. The molecule has 2 amide bonds. The van der Waals surface area contributed by atoms with Crippen LogP contribution in [0.25, 0.3) is 0 Å². The molecule has 122 valence electrons. The van der Waals surface area contributed by atoms with Gasteiger partial charge in [0.1, 0.15) is 0 Å². The normalized spacial score (nSPS) is 19.0. The first-order valence-electron chi connectivity index (χ1n) is 7.45. The largest absolute Gasteiger partial charge is 0.381 e. The van der Waals surface area contributed by atoms with E-state index in [2.05, 4.69) is 5.32 Å². The topological polar surface area (TPSA) is 41.6 Å². The minimum Gasteiger partial charge on any atom is -0.381 e. The predicted molar refractivity (Wildman–Crippen MR) is 92.7 cm³/mol. The summed E-state index contributed by atoms with van der Waals surface area (Å²) in [5.74, 6) is 0.458. The number of ether oxygens (including phenoxy) is 1. The van der Waals surface area contributed by atoms with E-state index in [1.165, 1.54) is 0 Å². The molecule has 4 nitrogen and oxygen atoms in total. The summed E-state index contributed by atoms with van der Waals surface area (Å²) >= 11 is 7.74. The third kappa shape index (κ3) is 5.07. The van der Waals surface area contributed by atoms with Gasteiger partial charge in [-0.3, -0.25) is 0 Å². The number of halogens is 1. The van der Waals surface area contributed by atoms with Gasteiger partial charge in [-0.05, 0) is 30.4 Å². The highest BCUT2D eigenvalue weighted by Gasteiger charge is 2.20. The molecule has 1 aliphatic heterocycles. The van der Waals surface area contributed by atoms with E-state index >= 15 is 0 Å². The Morgan fingerprint density at radius 3 is 3.05 bits per heavy atom. The summed E-state index contributed by atoms with van der Waals surface area (Å²) in [6, 6.07) is 7.76. The number of amides is 2. The fourth-order valence-corrected chi connectivity index (χ4v) is 3.42. The van der Waals surface area contributed by atoms with E-state index in [4.69, 9.17) is 16.3 Å². The molecule has 1 aromatic rings. The number of nitrogens with one attached hydrogen (secondary N) is 1. The molecule has 0 saturated carbocycles. The molecule has 2 rings (SSSR count). The SMILES string of the molecule is CS[C@@H](CNC(=O)N(C)C[C@H]1CCOC1)c1cccc(Cl)c1. The molecule has 1 N–H and O–H groups in total. The van der Waals surface area contributed by atoms with Crippen LogP contribution in [-0.2, 0) is 4.74 Å². The van der Waals surface area contributed by atoms with Gasteiger partial charge in [0, 0.05) is 42.9 Å². The van der Waals surface area contributed by atoms with Gasteiger partial charge >= 0.3 is 6.03 Å². The van der Waals surface area contributed by atoms with Crippen molar-refractivity contribution in [2.75, 3.05) is 39.6 Å². The maximum absolute atomic E-state index is 12.2. The molecule has 0 spiro atoms. The average Bonchev–Trinajstić information content (AvgIpc) is 3.00. The molecule has 6 heteroatoms. The van der Waals surface area contributed by atoms with Gasteiger partial charge in [0.25, 0.3) is 0 Å². The third-order valence-corrected chi connectivity index (χ3v) is 5.09. The fraction of sp³-hybridized carbons (Fsp3) is 0.562. The van der Waals surface area contributed by atoms with Crippen molar-refractivity contribution in [1.82, 2.24) is 10.2 Å². The van der Waals surface area contributed by atoms with E-state index < -0.39 is 0 Å². The summed E-state index contributed by atoms with van der Waals surface area (Å²) in [4.78, 5) is 13.9. The van der Waals surface area contributed by atoms with Crippen molar-refractivity contribution in [3.05, 3.63) is 34.9 Å². The lowest BCUT2D eigenvalue weighted by molar-refractivity contribution is 0.171. The molecule has 1 aromatic carbocycles. The molecular weight excluding hydrogens is 320 g/mol. The van der Waals surface area contributed by atoms with E-state index in [1.807, 2.05) is 37.6 Å². The van der Waals surface area contributed by atoms with Crippen LogP contribution in [0.2, 0.25) is 5.02 Å². The zero-order valence-corrected chi connectivity index (χ0v) is 14.6. The number of thioether (sulfide) groups is 1. The van der Waals surface area contributed by atoms with Gasteiger partial charge in [-0.1, -0.05) is 23.7 Å². The Bertz CT molecular complexity index is 495. The van der Waals surface area contributed by atoms with Gasteiger partial charge < -0.3 is 15.0 Å². The number of benzene rings is 1. The molecule has 1 saturated heterocycles. The van der Waals surface area contributed by atoms with Crippen LogP contribution in [0.1, 0.15) is 17.2 Å². The molecule has 1 aliphatic rings. The highest BCUT2D eigenvalue weighted by Crippen LogP contribution is 2.27. The second kappa shape index (κ2) is 8.65. The second-order valence-electron chi connectivity index (χ2n) is 5.58. The monoisotopic (exact) mass is 342 g/mol. The van der Waals surface area contributed by atoms with Crippen LogP contribution >= 0.6 is 23.4 Å².